The van der Waals surface area contributed by atoms with Crippen LogP contribution in [-0.4, -0.2) is 18.4 Å². The number of hydrogen-bond donors (Lipinski definition) is 0. The summed E-state index contributed by atoms with van der Waals surface area (Å²) < 4.78 is 4.91. The Balaban J connectivity index is 3.21. The van der Waals surface area contributed by atoms with E-state index in [1.54, 1.807) is 25.1 Å². The lowest BCUT2D eigenvalue weighted by Gasteiger charge is -2.06. The largest absolute Gasteiger partial charge is 0.462 e. The third kappa shape index (κ3) is 2.57. The molecule has 16 heavy (non-hydrogen) atoms. The second-order valence-electron chi connectivity index (χ2n) is 3.28. The molecule has 0 aliphatic carbocycles. The van der Waals surface area contributed by atoms with Crippen LogP contribution in [0.25, 0.3) is 6.08 Å². The first kappa shape index (κ1) is 12.2. The Morgan fingerprint density at radius 1 is 1.44 bits per heavy atom. The summed E-state index contributed by atoms with van der Waals surface area (Å²) in [7, 11) is 0. The molecule has 0 aliphatic heterocycles. The summed E-state index contributed by atoms with van der Waals surface area (Å²) in [4.78, 5) is 22.8. The zero-order valence-electron chi connectivity index (χ0n) is 9.45. The predicted molar refractivity (Wildman–Crippen MR) is 62.5 cm³/mol. The third-order valence-corrected chi connectivity index (χ3v) is 2.18. The molecule has 0 radical (unpaired) electrons. The lowest BCUT2D eigenvalue weighted by atomic mass is 10.0. The number of hydrogen-bond acceptors (Lipinski definition) is 3. The van der Waals surface area contributed by atoms with Crippen molar-refractivity contribution in [3.63, 3.8) is 0 Å². The Kier molecular flexibility index (Phi) is 4.00. The molecule has 3 nitrogen and oxygen atoms in total. The Hall–Kier alpha value is -1.90. The van der Waals surface area contributed by atoms with Gasteiger partial charge in [-0.2, -0.15) is 0 Å². The first-order chi connectivity index (χ1) is 7.60. The van der Waals surface area contributed by atoms with Crippen LogP contribution in [0.4, 0.5) is 0 Å². The van der Waals surface area contributed by atoms with E-state index in [0.717, 1.165) is 0 Å². The Labute approximate surface area is 94.7 Å². The fourth-order valence-electron chi connectivity index (χ4n) is 1.34. The van der Waals surface area contributed by atoms with Crippen molar-refractivity contribution in [2.24, 2.45) is 0 Å². The van der Waals surface area contributed by atoms with Gasteiger partial charge in [0.15, 0.2) is 5.78 Å². The van der Waals surface area contributed by atoms with Crippen molar-refractivity contribution in [1.82, 2.24) is 0 Å². The van der Waals surface area contributed by atoms with Gasteiger partial charge in [-0.25, -0.2) is 4.79 Å². The van der Waals surface area contributed by atoms with Crippen molar-refractivity contribution in [2.75, 3.05) is 6.61 Å². The Morgan fingerprint density at radius 2 is 2.12 bits per heavy atom. The predicted octanol–water partition coefficient (Wildman–Crippen LogP) is 2.71. The molecule has 1 aromatic rings. The quantitative estimate of drug-likeness (QED) is 0.576. The molecule has 0 heterocycles. The van der Waals surface area contributed by atoms with Crippen LogP contribution in [0.5, 0.6) is 0 Å². The van der Waals surface area contributed by atoms with E-state index in [1.165, 1.54) is 13.0 Å². The maximum absolute atomic E-state index is 11.6. The van der Waals surface area contributed by atoms with E-state index in [-0.39, 0.29) is 5.78 Å². The molecule has 0 bridgehead atoms. The molecule has 0 saturated carbocycles. The van der Waals surface area contributed by atoms with Gasteiger partial charge < -0.3 is 4.74 Å². The lowest BCUT2D eigenvalue weighted by molar-refractivity contribution is 0.0526. The molecular weight excluding hydrogens is 204 g/mol. The minimum absolute atomic E-state index is 0.0823. The van der Waals surface area contributed by atoms with Crippen molar-refractivity contribution < 1.29 is 14.3 Å². The molecule has 0 unspecified atom stereocenters. The standard InChI is InChI=1S/C13H14O3/c1-4-10-6-7-11(9(3)14)8-12(10)13(15)16-5-2/h4,6-8H,1,5H2,2-3H3. The van der Waals surface area contributed by atoms with Gasteiger partial charge in [0, 0.05) is 5.56 Å². The van der Waals surface area contributed by atoms with Gasteiger partial charge in [-0.1, -0.05) is 24.8 Å². The van der Waals surface area contributed by atoms with E-state index < -0.39 is 5.97 Å². The molecule has 0 spiro atoms. The van der Waals surface area contributed by atoms with E-state index in [4.69, 9.17) is 4.74 Å². The molecule has 0 N–H and O–H groups in total. The molecule has 0 saturated heterocycles. The van der Waals surface area contributed by atoms with Gasteiger partial charge in [0.1, 0.15) is 0 Å². The average molecular weight is 218 g/mol. The second-order valence-corrected chi connectivity index (χ2v) is 3.28. The number of carbonyl (C=O) groups is 2. The number of esters is 1. The number of rotatable bonds is 4. The number of ether oxygens (including phenoxy) is 1. The summed E-state index contributed by atoms with van der Waals surface area (Å²) in [6, 6.07) is 4.90. The van der Waals surface area contributed by atoms with Crippen LogP contribution in [0.1, 0.15) is 40.1 Å². The van der Waals surface area contributed by atoms with Crippen LogP contribution in [0, 0.1) is 0 Å². The fraction of sp³-hybridized carbons (Fsp3) is 0.231. The minimum atomic E-state index is -0.430. The van der Waals surface area contributed by atoms with Gasteiger partial charge in [0.25, 0.3) is 0 Å². The topological polar surface area (TPSA) is 43.4 Å². The molecule has 84 valence electrons. The molecule has 3 heteroatoms. The van der Waals surface area contributed by atoms with Gasteiger partial charge in [-0.3, -0.25) is 4.79 Å². The highest BCUT2D eigenvalue weighted by atomic mass is 16.5. The van der Waals surface area contributed by atoms with Crippen molar-refractivity contribution >= 4 is 17.8 Å². The Bertz CT molecular complexity index is 433. The molecule has 1 rings (SSSR count). The molecule has 1 aromatic carbocycles. The minimum Gasteiger partial charge on any atom is -0.462 e. The normalized spacial score (nSPS) is 9.62. The molecule has 0 amide bonds. The first-order valence-electron chi connectivity index (χ1n) is 5.04. The van der Waals surface area contributed by atoms with E-state index in [9.17, 15) is 9.59 Å². The number of benzene rings is 1. The molecule has 0 fully saturated rings. The van der Waals surface area contributed by atoms with Gasteiger partial charge in [0.2, 0.25) is 0 Å². The van der Waals surface area contributed by atoms with Crippen molar-refractivity contribution in [1.29, 1.82) is 0 Å². The van der Waals surface area contributed by atoms with Crippen LogP contribution in [0.15, 0.2) is 24.8 Å². The van der Waals surface area contributed by atoms with E-state index in [1.807, 2.05) is 0 Å². The van der Waals surface area contributed by atoms with Gasteiger partial charge in [-0.15, -0.1) is 0 Å². The highest BCUT2D eigenvalue weighted by molar-refractivity contribution is 5.99. The summed E-state index contributed by atoms with van der Waals surface area (Å²) in [6.07, 6.45) is 1.57. The number of ketones is 1. The van der Waals surface area contributed by atoms with Crippen LogP contribution in [0.3, 0.4) is 0 Å². The molecule has 0 aromatic heterocycles. The maximum Gasteiger partial charge on any atom is 0.338 e. The van der Waals surface area contributed by atoms with Crippen LogP contribution in [0.2, 0.25) is 0 Å². The van der Waals surface area contributed by atoms with Crippen LogP contribution in [-0.2, 0) is 4.74 Å². The first-order valence-corrected chi connectivity index (χ1v) is 5.04. The van der Waals surface area contributed by atoms with Crippen molar-refractivity contribution in [3.05, 3.63) is 41.5 Å². The smallest absolute Gasteiger partial charge is 0.338 e. The fourth-order valence-corrected chi connectivity index (χ4v) is 1.34. The second kappa shape index (κ2) is 5.26. The highest BCUT2D eigenvalue weighted by Crippen LogP contribution is 2.15. The SMILES string of the molecule is C=Cc1ccc(C(C)=O)cc1C(=O)OCC. The summed E-state index contributed by atoms with van der Waals surface area (Å²) >= 11 is 0. The molecular formula is C13H14O3. The summed E-state index contributed by atoms with van der Waals surface area (Å²) in [5.74, 6) is -0.512. The van der Waals surface area contributed by atoms with Gasteiger partial charge in [0.05, 0.1) is 12.2 Å². The summed E-state index contributed by atoms with van der Waals surface area (Å²) in [5, 5.41) is 0. The average Bonchev–Trinajstić information content (AvgIpc) is 2.28. The third-order valence-electron chi connectivity index (χ3n) is 2.18. The van der Waals surface area contributed by atoms with Crippen molar-refractivity contribution in [2.45, 2.75) is 13.8 Å². The van der Waals surface area contributed by atoms with Crippen LogP contribution >= 0.6 is 0 Å². The van der Waals surface area contributed by atoms with Gasteiger partial charge in [-0.05, 0) is 25.5 Å². The molecule has 0 atom stereocenters. The molecule has 0 aliphatic rings. The zero-order chi connectivity index (χ0) is 12.1. The monoisotopic (exact) mass is 218 g/mol. The van der Waals surface area contributed by atoms with Crippen LogP contribution < -0.4 is 0 Å². The van der Waals surface area contributed by atoms with E-state index >= 15 is 0 Å². The maximum atomic E-state index is 11.6. The number of Topliss-reactive ketones (excluding diaryl/α,β-unsaturated/α-hetero) is 1. The summed E-state index contributed by atoms with van der Waals surface area (Å²) in [6.45, 7) is 7.11. The van der Waals surface area contributed by atoms with E-state index in [0.29, 0.717) is 23.3 Å². The zero-order valence-corrected chi connectivity index (χ0v) is 9.45. The highest BCUT2D eigenvalue weighted by Gasteiger charge is 2.12. The lowest BCUT2D eigenvalue weighted by Crippen LogP contribution is -2.08. The van der Waals surface area contributed by atoms with E-state index in [2.05, 4.69) is 6.58 Å². The van der Waals surface area contributed by atoms with Gasteiger partial charge >= 0.3 is 5.97 Å². The number of carbonyl (C=O) groups excluding carboxylic acids is 2. The summed E-state index contributed by atoms with van der Waals surface area (Å²) in [5.41, 5.74) is 1.54. The van der Waals surface area contributed by atoms with Crippen molar-refractivity contribution in [3.8, 4) is 0 Å². The Morgan fingerprint density at radius 3 is 2.62 bits per heavy atom.